The molecule has 0 amide bonds. The fourth-order valence-corrected chi connectivity index (χ4v) is 15.4. The van der Waals surface area contributed by atoms with Gasteiger partial charge in [0.2, 0.25) is 5.28 Å². The van der Waals surface area contributed by atoms with Gasteiger partial charge >= 0.3 is 7.12 Å². The molecule has 10 nitrogen and oxygen atoms in total. The zero-order valence-corrected chi connectivity index (χ0v) is 55.5. The Bertz CT molecular complexity index is 6470. The number of hydrogen-bond acceptors (Lipinski definition) is 10. The minimum absolute atomic E-state index is 0.351. The van der Waals surface area contributed by atoms with Gasteiger partial charge in [-0.2, -0.15) is 9.97 Å². The largest absolute Gasteiger partial charge is 0.494 e. The van der Waals surface area contributed by atoms with Gasteiger partial charge in [0.25, 0.3) is 0 Å². The third-order valence-corrected chi connectivity index (χ3v) is 20.7. The van der Waals surface area contributed by atoms with Crippen molar-refractivity contribution in [1.82, 2.24) is 39.0 Å². The van der Waals surface area contributed by atoms with Crippen LogP contribution >= 0.6 is 34.3 Å². The Labute approximate surface area is 593 Å². The van der Waals surface area contributed by atoms with E-state index >= 15 is 0 Å². The Hall–Kier alpha value is -11.0. The van der Waals surface area contributed by atoms with Crippen LogP contribution in [-0.4, -0.2) is 57.4 Å². The van der Waals surface area contributed by atoms with Crippen LogP contribution in [0.4, 0.5) is 0 Å². The maximum atomic E-state index is 8.02. The Morgan fingerprint density at radius 3 is 1.12 bits per heavy atom. The van der Waals surface area contributed by atoms with Crippen LogP contribution < -0.4 is 5.46 Å². The van der Waals surface area contributed by atoms with Gasteiger partial charge in [-0.1, -0.05) is 230 Å². The van der Waals surface area contributed by atoms with E-state index in [1.165, 1.54) is 84.0 Å². The van der Waals surface area contributed by atoms with Crippen LogP contribution in [0, 0.1) is 0 Å². The van der Waals surface area contributed by atoms with Crippen molar-refractivity contribution in [1.29, 1.82) is 0 Å². The summed E-state index contributed by atoms with van der Waals surface area (Å²) in [5.74, 6) is 1.20. The number of hydrogen-bond donors (Lipinski definition) is 0. The summed E-state index contributed by atoms with van der Waals surface area (Å²) < 4.78 is 101. The van der Waals surface area contributed by atoms with Crippen LogP contribution in [-0.2, 0) is 9.31 Å². The van der Waals surface area contributed by atoms with Gasteiger partial charge in [-0.25, -0.2) is 19.9 Å². The van der Waals surface area contributed by atoms with Crippen molar-refractivity contribution < 1.29 is 23.0 Å². The molecule has 0 unspecified atom stereocenters. The third kappa shape index (κ3) is 10.9. The summed E-state index contributed by atoms with van der Waals surface area (Å²) in [5, 5.41) is 9.88. The molecule has 0 atom stereocenters. The van der Waals surface area contributed by atoms with Crippen molar-refractivity contribution in [2.75, 3.05) is 0 Å². The summed E-state index contributed by atoms with van der Waals surface area (Å²) in [6.07, 6.45) is 0. The molecule has 1 saturated heterocycles. The average Bonchev–Trinajstić information content (AvgIpc) is 1.54. The van der Waals surface area contributed by atoms with Crippen LogP contribution in [0.1, 0.15) is 41.4 Å². The molecular formula is C84H60BClN8O2S2. The molecule has 0 bridgehead atoms. The number of fused-ring (bicyclic) bond motifs is 14. The molecule has 12 aromatic carbocycles. The smallest absolute Gasteiger partial charge is 0.399 e. The average molecular weight is 1330 g/mol. The molecule has 0 aliphatic carbocycles. The highest BCUT2D eigenvalue weighted by Gasteiger charge is 2.51. The van der Waals surface area contributed by atoms with Crippen molar-refractivity contribution in [3.05, 3.63) is 296 Å². The molecule has 7 heterocycles. The molecule has 19 rings (SSSR count). The second kappa shape index (κ2) is 24.9. The summed E-state index contributed by atoms with van der Waals surface area (Å²) >= 11 is 9.66. The topological polar surface area (TPSA) is 106 Å². The molecule has 98 heavy (non-hydrogen) atoms. The summed E-state index contributed by atoms with van der Waals surface area (Å²) in [5.41, 5.74) is 9.67. The number of rotatable bonds is 8. The third-order valence-electron chi connectivity index (χ3n) is 18.2. The minimum atomic E-state index is -0.609. The van der Waals surface area contributed by atoms with E-state index < -0.39 is 65.7 Å². The molecule has 470 valence electrons. The monoisotopic (exact) mass is 1330 g/mol. The molecule has 0 radical (unpaired) electrons. The highest BCUT2D eigenvalue weighted by Crippen LogP contribution is 2.45. The molecule has 14 heteroatoms. The second-order valence-electron chi connectivity index (χ2n) is 24.6. The molecule has 1 aliphatic heterocycles. The number of benzene rings is 12. The number of thiophene rings is 2. The number of para-hydroxylation sites is 2. The van der Waals surface area contributed by atoms with Crippen molar-refractivity contribution >= 4 is 131 Å². The fraction of sp³-hybridized carbons (Fsp3) is 0.0714. The SMILES string of the molecule is CC1(C)OB(c2ccc(-n3c4ccccc4c4ccc5c6ccccc6sc5c43)cc2)OC1(C)C.[2H]c1c([2H])c([2H])c(-c2nc(Cl)nc(-c3c([2H])c([2H])c([2H])c([2H])c3[2H])n2)c([2H])c1[2H].c1ccc(-c2nc(-c3ccccc3)nc(-c3ccc(-n4c5ccccc5c5ccc6c7ccccc7sc6c54)cc3)n2)cc1. The highest BCUT2D eigenvalue weighted by molar-refractivity contribution is 7.27. The Morgan fingerprint density at radius 1 is 0.347 bits per heavy atom. The van der Waals surface area contributed by atoms with E-state index in [1.807, 2.05) is 83.3 Å². The summed E-state index contributed by atoms with van der Waals surface area (Å²) in [6, 6.07) is 75.4. The first-order valence-corrected chi connectivity index (χ1v) is 33.8. The van der Waals surface area contributed by atoms with E-state index in [0.29, 0.717) is 17.5 Å². The molecule has 6 aromatic heterocycles. The molecule has 0 N–H and O–H groups in total. The van der Waals surface area contributed by atoms with Crippen molar-refractivity contribution in [3.8, 4) is 68.3 Å². The first-order valence-electron chi connectivity index (χ1n) is 36.8. The highest BCUT2D eigenvalue weighted by atomic mass is 35.5. The minimum Gasteiger partial charge on any atom is -0.399 e. The lowest BCUT2D eigenvalue weighted by Gasteiger charge is -2.32. The van der Waals surface area contributed by atoms with Gasteiger partial charge in [0.15, 0.2) is 29.1 Å². The first kappa shape index (κ1) is 50.4. The van der Waals surface area contributed by atoms with Gasteiger partial charge in [-0.3, -0.25) is 0 Å². The van der Waals surface area contributed by atoms with Gasteiger partial charge in [-0.05, 0) is 105 Å². The fourth-order valence-electron chi connectivity index (χ4n) is 12.8. The second-order valence-corrected chi connectivity index (χ2v) is 27.0. The normalized spacial score (nSPS) is 14.8. The molecular weight excluding hydrogens is 1260 g/mol. The molecule has 1 aliphatic rings. The Balaban J connectivity index is 0.000000122. The first-order chi connectivity index (χ1) is 52.1. The molecule has 18 aromatic rings. The van der Waals surface area contributed by atoms with E-state index in [9.17, 15) is 0 Å². The van der Waals surface area contributed by atoms with Crippen LogP contribution in [0.5, 0.6) is 0 Å². The zero-order chi connectivity index (χ0) is 74.8. The van der Waals surface area contributed by atoms with E-state index in [4.69, 9.17) is 49.6 Å². The maximum Gasteiger partial charge on any atom is 0.494 e. The predicted molar refractivity (Wildman–Crippen MR) is 408 cm³/mol. The lowest BCUT2D eigenvalue weighted by molar-refractivity contribution is 0.00578. The number of nitrogens with zero attached hydrogens (tertiary/aromatic N) is 8. The van der Waals surface area contributed by atoms with E-state index in [-0.39, 0.29) is 41.1 Å². The predicted octanol–water partition coefficient (Wildman–Crippen LogP) is 21.6. The van der Waals surface area contributed by atoms with Gasteiger partial charge in [0, 0.05) is 91.7 Å². The number of halogens is 1. The van der Waals surface area contributed by atoms with E-state index in [1.54, 1.807) is 0 Å². The van der Waals surface area contributed by atoms with Gasteiger partial charge in [0.05, 0.1) is 56.4 Å². The lowest BCUT2D eigenvalue weighted by Crippen LogP contribution is -2.41. The van der Waals surface area contributed by atoms with E-state index in [0.717, 1.165) is 33.5 Å². The van der Waals surface area contributed by atoms with Gasteiger partial charge in [0.1, 0.15) is 0 Å². The summed E-state index contributed by atoms with van der Waals surface area (Å²) in [7, 11) is -0.360. The Morgan fingerprint density at radius 2 is 0.694 bits per heavy atom. The number of aromatic nitrogens is 8. The quantitative estimate of drug-likeness (QED) is 0.139. The van der Waals surface area contributed by atoms with Crippen molar-refractivity contribution in [2.24, 2.45) is 0 Å². The lowest BCUT2D eigenvalue weighted by atomic mass is 9.79. The van der Waals surface area contributed by atoms with Crippen LogP contribution in [0.3, 0.4) is 0 Å². The molecule has 0 saturated carbocycles. The van der Waals surface area contributed by atoms with Crippen LogP contribution in [0.2, 0.25) is 5.28 Å². The van der Waals surface area contributed by atoms with Crippen molar-refractivity contribution in [2.45, 2.75) is 38.9 Å². The van der Waals surface area contributed by atoms with Gasteiger partial charge < -0.3 is 18.4 Å². The summed E-state index contributed by atoms with van der Waals surface area (Å²) in [6.45, 7) is 8.37. The van der Waals surface area contributed by atoms with Gasteiger partial charge in [-0.15, -0.1) is 22.7 Å². The maximum absolute atomic E-state index is 8.02. The molecule has 0 spiro atoms. The Kier molecular flexibility index (Phi) is 12.8. The van der Waals surface area contributed by atoms with Crippen LogP contribution in [0.25, 0.3) is 152 Å². The summed E-state index contributed by atoms with van der Waals surface area (Å²) in [4.78, 5) is 26.3. The zero-order valence-electron chi connectivity index (χ0n) is 63.1. The van der Waals surface area contributed by atoms with Crippen molar-refractivity contribution in [3.63, 3.8) is 0 Å². The van der Waals surface area contributed by atoms with E-state index in [2.05, 4.69) is 222 Å². The standard InChI is InChI=1S/C39H24N4S.C30H26BNO2S.C15H10ClN3/c1-3-11-25(12-4-1)37-40-38(26-13-5-2-6-14-26)42-39(41-37)27-19-21-28(22-20-27)43-33-17-9-7-15-29(33)31-23-24-32-30-16-8-10-18-34(30)44-36(32)35(31)43;1-29(2)30(3,4)34-31(33-29)19-13-15-20(16-14-19)32-25-11-7-5-9-21(25)23-17-18-24-22-10-6-8-12-26(22)35-28(24)27(23)32;16-15-18-13(11-7-3-1-4-8-11)17-14(19-15)12-9-5-2-6-10-12/h1-24H;5-18H,1-4H3;1-10H/i;;1D,2D,3D,4D,5D,6D,7D,8D,9D,10D. The van der Waals surface area contributed by atoms with Crippen LogP contribution in [0.15, 0.2) is 291 Å². The molecule has 1 fully saturated rings.